The van der Waals surface area contributed by atoms with Gasteiger partial charge >= 0.3 is 5.97 Å². The fourth-order valence-corrected chi connectivity index (χ4v) is 1.97. The van der Waals surface area contributed by atoms with E-state index in [1.165, 1.54) is 7.11 Å². The van der Waals surface area contributed by atoms with E-state index in [0.717, 1.165) is 0 Å². The summed E-state index contributed by atoms with van der Waals surface area (Å²) in [5.74, 6) is -0.274. The van der Waals surface area contributed by atoms with Crippen LogP contribution < -0.4 is 5.32 Å². The van der Waals surface area contributed by atoms with Gasteiger partial charge in [-0.2, -0.15) is 0 Å². The average molecular weight is 258 g/mol. The van der Waals surface area contributed by atoms with Gasteiger partial charge in [0.05, 0.1) is 32.3 Å². The maximum absolute atomic E-state index is 11.7. The molecule has 6 heteroatoms. The van der Waals surface area contributed by atoms with Gasteiger partial charge in [0.15, 0.2) is 0 Å². The normalized spacial score (nSPS) is 22.3. The molecule has 0 aromatic rings. The van der Waals surface area contributed by atoms with Crippen molar-refractivity contribution >= 4 is 11.9 Å². The van der Waals surface area contributed by atoms with Gasteiger partial charge in [0.2, 0.25) is 5.91 Å². The topological polar surface area (TPSA) is 67.9 Å². The molecule has 18 heavy (non-hydrogen) atoms. The van der Waals surface area contributed by atoms with Crippen molar-refractivity contribution in [3.8, 4) is 0 Å². The molecule has 0 aromatic heterocycles. The summed E-state index contributed by atoms with van der Waals surface area (Å²) in [7, 11) is 1.36. The van der Waals surface area contributed by atoms with Crippen molar-refractivity contribution in [2.24, 2.45) is 0 Å². The van der Waals surface area contributed by atoms with E-state index in [0.29, 0.717) is 26.2 Å². The Morgan fingerprint density at radius 2 is 2.28 bits per heavy atom. The number of nitrogens with zero attached hydrogens (tertiary/aromatic N) is 1. The number of rotatable bonds is 5. The van der Waals surface area contributed by atoms with Crippen molar-refractivity contribution < 1.29 is 19.1 Å². The van der Waals surface area contributed by atoms with Crippen LogP contribution in [-0.4, -0.2) is 62.3 Å². The molecular weight excluding hydrogens is 236 g/mol. The molecule has 1 aliphatic rings. The highest BCUT2D eigenvalue weighted by Crippen LogP contribution is 2.12. The molecule has 1 N–H and O–H groups in total. The largest absolute Gasteiger partial charge is 0.469 e. The van der Waals surface area contributed by atoms with Crippen LogP contribution >= 0.6 is 0 Å². The van der Waals surface area contributed by atoms with Crippen LogP contribution in [-0.2, 0) is 19.1 Å². The minimum atomic E-state index is -0.285. The lowest BCUT2D eigenvalue weighted by molar-refractivity contribution is -0.146. The monoisotopic (exact) mass is 258 g/mol. The van der Waals surface area contributed by atoms with Gasteiger partial charge in [0, 0.05) is 19.6 Å². The van der Waals surface area contributed by atoms with E-state index < -0.39 is 0 Å². The first kappa shape index (κ1) is 14.9. The van der Waals surface area contributed by atoms with Gasteiger partial charge in [0.25, 0.3) is 0 Å². The second kappa shape index (κ2) is 7.33. The maximum Gasteiger partial charge on any atom is 0.308 e. The number of methoxy groups -OCH3 is 1. The SMILES string of the molecule is CCNC(=O)C(C)N1CCOC(CC(=O)OC)C1. The summed E-state index contributed by atoms with van der Waals surface area (Å²) in [5, 5.41) is 2.80. The molecule has 1 fully saturated rings. The lowest BCUT2D eigenvalue weighted by atomic mass is 10.1. The minimum Gasteiger partial charge on any atom is -0.469 e. The van der Waals surface area contributed by atoms with Crippen molar-refractivity contribution in [2.75, 3.05) is 33.4 Å². The Labute approximate surface area is 108 Å². The summed E-state index contributed by atoms with van der Waals surface area (Å²) in [5.41, 5.74) is 0. The fourth-order valence-electron chi connectivity index (χ4n) is 1.97. The molecule has 2 unspecified atom stereocenters. The van der Waals surface area contributed by atoms with Crippen molar-refractivity contribution in [1.82, 2.24) is 10.2 Å². The number of hydrogen-bond acceptors (Lipinski definition) is 5. The van der Waals surface area contributed by atoms with Crippen LogP contribution in [0.25, 0.3) is 0 Å². The first-order chi connectivity index (χ1) is 8.58. The minimum absolute atomic E-state index is 0.0104. The summed E-state index contributed by atoms with van der Waals surface area (Å²) in [6.45, 7) is 6.20. The fraction of sp³-hybridized carbons (Fsp3) is 0.833. The first-order valence-corrected chi connectivity index (χ1v) is 6.28. The van der Waals surface area contributed by atoms with Gasteiger partial charge < -0.3 is 14.8 Å². The predicted molar refractivity (Wildman–Crippen MR) is 66.1 cm³/mol. The zero-order valence-electron chi connectivity index (χ0n) is 11.3. The summed E-state index contributed by atoms with van der Waals surface area (Å²) in [4.78, 5) is 25.0. The Balaban J connectivity index is 2.47. The van der Waals surface area contributed by atoms with Crippen LogP contribution in [0.15, 0.2) is 0 Å². The highest BCUT2D eigenvalue weighted by Gasteiger charge is 2.28. The van der Waals surface area contributed by atoms with Gasteiger partial charge in [-0.15, -0.1) is 0 Å². The number of likely N-dealkylation sites (N-methyl/N-ethyl adjacent to an activating group) is 1. The summed E-state index contributed by atoms with van der Waals surface area (Å²) < 4.78 is 10.1. The van der Waals surface area contributed by atoms with E-state index in [4.69, 9.17) is 4.74 Å². The zero-order valence-corrected chi connectivity index (χ0v) is 11.3. The second-order valence-corrected chi connectivity index (χ2v) is 4.34. The van der Waals surface area contributed by atoms with Gasteiger partial charge in [-0.05, 0) is 13.8 Å². The Kier molecular flexibility index (Phi) is 6.07. The van der Waals surface area contributed by atoms with Crippen LogP contribution in [0.2, 0.25) is 0 Å². The number of hydrogen-bond donors (Lipinski definition) is 1. The number of carbonyl (C=O) groups is 2. The van der Waals surface area contributed by atoms with Crippen LogP contribution in [0.1, 0.15) is 20.3 Å². The van der Waals surface area contributed by atoms with Crippen LogP contribution in [0, 0.1) is 0 Å². The molecule has 1 saturated heterocycles. The van der Waals surface area contributed by atoms with Crippen LogP contribution in [0.4, 0.5) is 0 Å². The van der Waals surface area contributed by atoms with Gasteiger partial charge in [-0.25, -0.2) is 0 Å². The van der Waals surface area contributed by atoms with E-state index >= 15 is 0 Å². The molecule has 0 bridgehead atoms. The van der Waals surface area contributed by atoms with Crippen molar-refractivity contribution in [1.29, 1.82) is 0 Å². The lowest BCUT2D eigenvalue weighted by Crippen LogP contribution is -2.52. The number of morpholine rings is 1. The maximum atomic E-state index is 11.7. The number of nitrogens with one attached hydrogen (secondary N) is 1. The number of esters is 1. The third-order valence-electron chi connectivity index (χ3n) is 3.07. The third-order valence-corrected chi connectivity index (χ3v) is 3.07. The molecule has 1 heterocycles. The zero-order chi connectivity index (χ0) is 13.5. The first-order valence-electron chi connectivity index (χ1n) is 6.28. The van der Waals surface area contributed by atoms with E-state index in [2.05, 4.69) is 10.1 Å². The molecule has 1 aliphatic heterocycles. The molecular formula is C12H22N2O4. The number of carbonyl (C=O) groups excluding carboxylic acids is 2. The second-order valence-electron chi connectivity index (χ2n) is 4.34. The average Bonchev–Trinajstić information content (AvgIpc) is 2.38. The smallest absolute Gasteiger partial charge is 0.308 e. The van der Waals surface area contributed by atoms with E-state index in [-0.39, 0.29) is 30.4 Å². The quantitative estimate of drug-likeness (QED) is 0.690. The lowest BCUT2D eigenvalue weighted by Gasteiger charge is -2.35. The predicted octanol–water partition coefficient (Wildman–Crippen LogP) is -0.225. The summed E-state index contributed by atoms with van der Waals surface area (Å²) in [6, 6.07) is -0.200. The van der Waals surface area contributed by atoms with Gasteiger partial charge in [-0.3, -0.25) is 14.5 Å². The number of ether oxygens (including phenoxy) is 2. The van der Waals surface area contributed by atoms with E-state index in [1.807, 2.05) is 18.7 Å². The molecule has 0 spiro atoms. The van der Waals surface area contributed by atoms with E-state index in [9.17, 15) is 9.59 Å². The highest BCUT2D eigenvalue weighted by atomic mass is 16.5. The van der Waals surface area contributed by atoms with Crippen molar-refractivity contribution in [2.45, 2.75) is 32.4 Å². The molecule has 6 nitrogen and oxygen atoms in total. The Bertz CT molecular complexity index is 296. The third kappa shape index (κ3) is 4.27. The summed E-state index contributed by atoms with van der Waals surface area (Å²) in [6.07, 6.45) is 0.0397. The highest BCUT2D eigenvalue weighted by molar-refractivity contribution is 5.81. The standard InChI is InChI=1S/C12H22N2O4/c1-4-13-12(16)9(2)14-5-6-18-10(8-14)7-11(15)17-3/h9-10H,4-8H2,1-3H3,(H,13,16). The molecule has 104 valence electrons. The van der Waals surface area contributed by atoms with Crippen LogP contribution in [0.3, 0.4) is 0 Å². The molecule has 0 radical (unpaired) electrons. The van der Waals surface area contributed by atoms with Gasteiger partial charge in [-0.1, -0.05) is 0 Å². The molecule has 2 atom stereocenters. The summed E-state index contributed by atoms with van der Waals surface area (Å²) >= 11 is 0. The van der Waals surface area contributed by atoms with Gasteiger partial charge in [0.1, 0.15) is 0 Å². The molecule has 1 amide bonds. The molecule has 1 rings (SSSR count). The van der Waals surface area contributed by atoms with Crippen LogP contribution in [0.5, 0.6) is 0 Å². The Morgan fingerprint density at radius 1 is 1.56 bits per heavy atom. The van der Waals surface area contributed by atoms with E-state index in [1.54, 1.807) is 0 Å². The number of amides is 1. The Morgan fingerprint density at radius 3 is 2.89 bits per heavy atom. The van der Waals surface area contributed by atoms with Crippen molar-refractivity contribution in [3.05, 3.63) is 0 Å². The van der Waals surface area contributed by atoms with Crippen molar-refractivity contribution in [3.63, 3.8) is 0 Å². The molecule has 0 aliphatic carbocycles. The Hall–Kier alpha value is -1.14. The molecule has 0 aromatic carbocycles. The molecule has 0 saturated carbocycles.